The van der Waals surface area contributed by atoms with Crippen molar-refractivity contribution in [2.45, 2.75) is 53.8 Å². The zero-order chi connectivity index (χ0) is 19.4. The highest BCUT2D eigenvalue weighted by Gasteiger charge is 2.12. The molecule has 0 saturated carbocycles. The minimum Gasteiger partial charge on any atom is -0.312 e. The van der Waals surface area contributed by atoms with E-state index in [-0.39, 0.29) is 0 Å². The second kappa shape index (κ2) is 8.72. The number of aromatic nitrogens is 4. The summed E-state index contributed by atoms with van der Waals surface area (Å²) in [7, 11) is 0. The molecule has 3 rings (SSSR count). The van der Waals surface area contributed by atoms with Gasteiger partial charge in [0, 0.05) is 35.1 Å². The topological polar surface area (TPSA) is 47.7 Å². The normalized spacial score (nSPS) is 11.3. The minimum absolute atomic E-state index is 0.699. The quantitative estimate of drug-likeness (QED) is 0.591. The van der Waals surface area contributed by atoms with E-state index in [9.17, 15) is 0 Å². The fraction of sp³-hybridized carbons (Fsp3) is 0.429. The Morgan fingerprint density at radius 1 is 1.04 bits per heavy atom. The molecule has 0 atom stereocenters. The Bertz CT molecular complexity index is 909. The first kappa shape index (κ1) is 19.6. The molecule has 0 aliphatic carbocycles. The smallest absolute Gasteiger partial charge is 0.0677 e. The van der Waals surface area contributed by atoms with Crippen LogP contribution < -0.4 is 5.32 Å². The van der Waals surface area contributed by atoms with Gasteiger partial charge in [-0.15, -0.1) is 0 Å². The molecule has 1 aromatic carbocycles. The number of aryl methyl sites for hydroxylation is 4. The maximum absolute atomic E-state index is 6.29. The lowest BCUT2D eigenvalue weighted by Crippen LogP contribution is -2.18. The van der Waals surface area contributed by atoms with Gasteiger partial charge in [0.15, 0.2) is 0 Å². The third kappa shape index (κ3) is 4.79. The van der Waals surface area contributed by atoms with Crippen LogP contribution in [0.1, 0.15) is 40.3 Å². The Kier molecular flexibility index (Phi) is 6.34. The molecule has 2 aromatic heterocycles. The molecule has 0 fully saturated rings. The highest BCUT2D eigenvalue weighted by atomic mass is 35.5. The molecule has 0 aliphatic heterocycles. The number of nitrogens with one attached hydrogen (secondary N) is 1. The zero-order valence-electron chi connectivity index (χ0n) is 16.6. The molecule has 6 heteroatoms. The van der Waals surface area contributed by atoms with Gasteiger partial charge in [0.2, 0.25) is 0 Å². The maximum atomic E-state index is 6.29. The summed E-state index contributed by atoms with van der Waals surface area (Å²) in [5.74, 6) is 0. The van der Waals surface area contributed by atoms with E-state index in [0.717, 1.165) is 48.0 Å². The molecule has 0 saturated heterocycles. The molecule has 0 aliphatic rings. The molecule has 0 radical (unpaired) electrons. The number of benzene rings is 1. The summed E-state index contributed by atoms with van der Waals surface area (Å²) in [5.41, 5.74) is 6.93. The van der Waals surface area contributed by atoms with Gasteiger partial charge in [0.25, 0.3) is 0 Å². The van der Waals surface area contributed by atoms with Crippen LogP contribution in [0.15, 0.2) is 30.3 Å². The van der Waals surface area contributed by atoms with Crippen LogP contribution >= 0.6 is 11.6 Å². The van der Waals surface area contributed by atoms with Gasteiger partial charge in [-0.25, -0.2) is 0 Å². The van der Waals surface area contributed by atoms with Gasteiger partial charge in [-0.3, -0.25) is 9.36 Å². The van der Waals surface area contributed by atoms with Crippen molar-refractivity contribution in [3.63, 3.8) is 0 Å². The van der Waals surface area contributed by atoms with E-state index in [2.05, 4.69) is 48.0 Å². The molecule has 27 heavy (non-hydrogen) atoms. The summed E-state index contributed by atoms with van der Waals surface area (Å²) < 4.78 is 4.12. The van der Waals surface area contributed by atoms with Crippen molar-refractivity contribution in [3.05, 3.63) is 69.3 Å². The first-order valence-electron chi connectivity index (χ1n) is 9.43. The Morgan fingerprint density at radius 3 is 2.52 bits per heavy atom. The Morgan fingerprint density at radius 2 is 1.81 bits per heavy atom. The van der Waals surface area contributed by atoms with Crippen LogP contribution in [0, 0.1) is 27.7 Å². The van der Waals surface area contributed by atoms with Crippen LogP contribution in [0.4, 0.5) is 0 Å². The van der Waals surface area contributed by atoms with E-state index in [1.54, 1.807) is 0 Å². The van der Waals surface area contributed by atoms with Crippen LogP contribution in [-0.4, -0.2) is 26.1 Å². The zero-order valence-corrected chi connectivity index (χ0v) is 17.3. The molecule has 0 spiro atoms. The molecule has 2 heterocycles. The fourth-order valence-electron chi connectivity index (χ4n) is 3.40. The van der Waals surface area contributed by atoms with E-state index < -0.39 is 0 Å². The van der Waals surface area contributed by atoms with E-state index in [0.29, 0.717) is 6.54 Å². The Hall–Kier alpha value is -2.11. The maximum Gasteiger partial charge on any atom is 0.0677 e. The van der Waals surface area contributed by atoms with Crippen molar-refractivity contribution in [2.24, 2.45) is 0 Å². The van der Waals surface area contributed by atoms with Crippen molar-refractivity contribution in [2.75, 3.05) is 6.54 Å². The third-order valence-corrected chi connectivity index (χ3v) is 5.31. The minimum atomic E-state index is 0.699. The van der Waals surface area contributed by atoms with Crippen LogP contribution in [0.5, 0.6) is 0 Å². The summed E-state index contributed by atoms with van der Waals surface area (Å²) in [5, 5.41) is 13.6. The highest BCUT2D eigenvalue weighted by Crippen LogP contribution is 2.19. The molecule has 3 aromatic rings. The predicted octanol–water partition coefficient (Wildman–Crippen LogP) is 4.19. The summed E-state index contributed by atoms with van der Waals surface area (Å²) in [4.78, 5) is 0. The van der Waals surface area contributed by atoms with Gasteiger partial charge >= 0.3 is 0 Å². The summed E-state index contributed by atoms with van der Waals surface area (Å²) in [6, 6.07) is 10.1. The van der Waals surface area contributed by atoms with Gasteiger partial charge in [0.1, 0.15) is 0 Å². The molecular formula is C21H28ClN5. The molecule has 144 valence electrons. The monoisotopic (exact) mass is 385 g/mol. The van der Waals surface area contributed by atoms with E-state index in [4.69, 9.17) is 16.7 Å². The SMILES string of the molecule is Cc1cc(C)n(CCCNCc2c(C)nn(Cc3ccccc3Cl)c2C)n1. The number of nitrogens with zero attached hydrogens (tertiary/aromatic N) is 4. The average Bonchev–Trinajstić information content (AvgIpc) is 3.08. The lowest BCUT2D eigenvalue weighted by atomic mass is 10.2. The largest absolute Gasteiger partial charge is 0.312 e. The van der Waals surface area contributed by atoms with E-state index in [1.807, 2.05) is 29.8 Å². The lowest BCUT2D eigenvalue weighted by Gasteiger charge is -2.09. The van der Waals surface area contributed by atoms with Gasteiger partial charge in [-0.1, -0.05) is 29.8 Å². The van der Waals surface area contributed by atoms with Crippen molar-refractivity contribution < 1.29 is 0 Å². The molecular weight excluding hydrogens is 358 g/mol. The van der Waals surface area contributed by atoms with Crippen molar-refractivity contribution in [1.29, 1.82) is 0 Å². The van der Waals surface area contributed by atoms with E-state index in [1.165, 1.54) is 17.0 Å². The third-order valence-electron chi connectivity index (χ3n) is 4.94. The predicted molar refractivity (Wildman–Crippen MR) is 110 cm³/mol. The average molecular weight is 386 g/mol. The van der Waals surface area contributed by atoms with Crippen LogP contribution in [-0.2, 0) is 19.6 Å². The standard InChI is InChI=1S/C21H28ClN5/c1-15-12-16(2)26(24-15)11-7-10-23-13-20-17(3)25-27(18(20)4)14-19-8-5-6-9-21(19)22/h5-6,8-9,12,23H,7,10-11,13-14H2,1-4H3. The first-order chi connectivity index (χ1) is 13.0. The van der Waals surface area contributed by atoms with Gasteiger partial charge < -0.3 is 5.32 Å². The summed E-state index contributed by atoms with van der Waals surface area (Å²) in [6.45, 7) is 11.8. The molecule has 1 N–H and O–H groups in total. The van der Waals surface area contributed by atoms with Crippen molar-refractivity contribution >= 4 is 11.6 Å². The fourth-order valence-corrected chi connectivity index (χ4v) is 3.60. The number of hydrogen-bond acceptors (Lipinski definition) is 3. The summed E-state index contributed by atoms with van der Waals surface area (Å²) in [6.07, 6.45) is 1.05. The van der Waals surface area contributed by atoms with Crippen LogP contribution in [0.2, 0.25) is 5.02 Å². The Balaban J connectivity index is 1.54. The number of hydrogen-bond donors (Lipinski definition) is 1. The molecule has 0 bridgehead atoms. The first-order valence-corrected chi connectivity index (χ1v) is 9.81. The molecule has 0 amide bonds. The number of halogens is 1. The highest BCUT2D eigenvalue weighted by molar-refractivity contribution is 6.31. The van der Waals surface area contributed by atoms with Gasteiger partial charge in [0.05, 0.1) is 17.9 Å². The van der Waals surface area contributed by atoms with Crippen LogP contribution in [0.25, 0.3) is 0 Å². The van der Waals surface area contributed by atoms with Crippen molar-refractivity contribution in [3.8, 4) is 0 Å². The molecule has 5 nitrogen and oxygen atoms in total. The Labute approximate surface area is 166 Å². The van der Waals surface area contributed by atoms with Gasteiger partial charge in [-0.2, -0.15) is 10.2 Å². The second-order valence-corrected chi connectivity index (χ2v) is 7.49. The second-order valence-electron chi connectivity index (χ2n) is 7.08. The molecule has 0 unspecified atom stereocenters. The van der Waals surface area contributed by atoms with Gasteiger partial charge in [-0.05, 0) is 58.4 Å². The van der Waals surface area contributed by atoms with E-state index >= 15 is 0 Å². The summed E-state index contributed by atoms with van der Waals surface area (Å²) >= 11 is 6.29. The number of rotatable bonds is 8. The lowest BCUT2D eigenvalue weighted by molar-refractivity contribution is 0.531. The van der Waals surface area contributed by atoms with Crippen LogP contribution in [0.3, 0.4) is 0 Å². The van der Waals surface area contributed by atoms with Crippen molar-refractivity contribution in [1.82, 2.24) is 24.9 Å².